The van der Waals surface area contributed by atoms with E-state index in [1.54, 1.807) is 13.2 Å². The first-order valence-electron chi connectivity index (χ1n) is 6.32. The molecule has 0 fully saturated rings. The summed E-state index contributed by atoms with van der Waals surface area (Å²) in [6.07, 6.45) is 2.05. The number of nitrogens with one attached hydrogen (secondary N) is 2. The van der Waals surface area contributed by atoms with E-state index in [1.165, 1.54) is 0 Å². The number of carbonyl (C=O) groups is 1. The maximum absolute atomic E-state index is 11.4. The van der Waals surface area contributed by atoms with Gasteiger partial charge in [-0.25, -0.2) is 4.79 Å². The number of hydrogen-bond donors (Lipinski definition) is 2. The Morgan fingerprint density at radius 1 is 1.38 bits per heavy atom. The van der Waals surface area contributed by atoms with Crippen molar-refractivity contribution in [2.45, 2.75) is 6.42 Å². The standard InChI is InChI=1S/C14H16N4O3/c1-3-8-15-13(19)16-14-18-17-12(21-14)9-10-4-6-11(20-2)7-5-10/h3-7H,1,8-9H2,2H3,(H2,15,16,18,19). The van der Waals surface area contributed by atoms with Gasteiger partial charge < -0.3 is 14.5 Å². The van der Waals surface area contributed by atoms with Crippen LogP contribution in [0.4, 0.5) is 10.8 Å². The smallest absolute Gasteiger partial charge is 0.323 e. The van der Waals surface area contributed by atoms with Gasteiger partial charge in [0.25, 0.3) is 0 Å². The van der Waals surface area contributed by atoms with Crippen molar-refractivity contribution in [2.24, 2.45) is 0 Å². The first-order chi connectivity index (χ1) is 10.2. The number of methoxy groups -OCH3 is 1. The molecule has 0 atom stereocenters. The molecule has 0 saturated carbocycles. The Labute approximate surface area is 122 Å². The average molecular weight is 288 g/mol. The van der Waals surface area contributed by atoms with Gasteiger partial charge in [0, 0.05) is 6.54 Å². The lowest BCUT2D eigenvalue weighted by Crippen LogP contribution is -2.28. The fourth-order valence-corrected chi connectivity index (χ4v) is 1.60. The minimum atomic E-state index is -0.422. The van der Waals surface area contributed by atoms with Crippen LogP contribution in [0, 0.1) is 0 Å². The fraction of sp³-hybridized carbons (Fsp3) is 0.214. The Morgan fingerprint density at radius 3 is 2.81 bits per heavy atom. The molecule has 7 nitrogen and oxygen atoms in total. The van der Waals surface area contributed by atoms with Gasteiger partial charge in [0.1, 0.15) is 5.75 Å². The van der Waals surface area contributed by atoms with E-state index in [0.29, 0.717) is 18.9 Å². The number of anilines is 1. The minimum Gasteiger partial charge on any atom is -0.497 e. The van der Waals surface area contributed by atoms with Crippen molar-refractivity contribution < 1.29 is 13.9 Å². The van der Waals surface area contributed by atoms with E-state index in [0.717, 1.165) is 11.3 Å². The highest BCUT2D eigenvalue weighted by atomic mass is 16.5. The monoisotopic (exact) mass is 288 g/mol. The molecule has 2 amide bonds. The summed E-state index contributed by atoms with van der Waals surface area (Å²) in [7, 11) is 1.61. The topological polar surface area (TPSA) is 89.3 Å². The predicted molar refractivity (Wildman–Crippen MR) is 77.3 cm³/mol. The van der Waals surface area contributed by atoms with Gasteiger partial charge in [-0.1, -0.05) is 23.3 Å². The van der Waals surface area contributed by atoms with Crippen LogP contribution in [0.3, 0.4) is 0 Å². The lowest BCUT2D eigenvalue weighted by molar-refractivity contribution is 0.252. The summed E-state index contributed by atoms with van der Waals surface area (Å²) in [6, 6.07) is 7.16. The van der Waals surface area contributed by atoms with Gasteiger partial charge in [-0.3, -0.25) is 5.32 Å². The maximum Gasteiger partial charge on any atom is 0.323 e. The molecule has 0 spiro atoms. The van der Waals surface area contributed by atoms with Crippen molar-refractivity contribution in [3.63, 3.8) is 0 Å². The molecular formula is C14H16N4O3. The minimum absolute atomic E-state index is 0.0556. The molecule has 2 rings (SSSR count). The van der Waals surface area contributed by atoms with E-state index in [4.69, 9.17) is 9.15 Å². The number of nitrogens with zero attached hydrogens (tertiary/aromatic N) is 2. The summed E-state index contributed by atoms with van der Waals surface area (Å²) in [4.78, 5) is 11.4. The molecule has 1 aromatic carbocycles. The molecule has 0 aliphatic rings. The summed E-state index contributed by atoms with van der Waals surface area (Å²) >= 11 is 0. The lowest BCUT2D eigenvalue weighted by Gasteiger charge is -2.01. The average Bonchev–Trinajstić information content (AvgIpc) is 2.93. The van der Waals surface area contributed by atoms with E-state index in [2.05, 4.69) is 27.4 Å². The van der Waals surface area contributed by atoms with E-state index in [9.17, 15) is 4.79 Å². The van der Waals surface area contributed by atoms with E-state index < -0.39 is 6.03 Å². The van der Waals surface area contributed by atoms with Crippen molar-refractivity contribution in [3.8, 4) is 5.75 Å². The molecule has 2 N–H and O–H groups in total. The summed E-state index contributed by atoms with van der Waals surface area (Å²) < 4.78 is 10.4. The van der Waals surface area contributed by atoms with Gasteiger partial charge in [0.2, 0.25) is 5.89 Å². The van der Waals surface area contributed by atoms with E-state index in [-0.39, 0.29) is 6.01 Å². The number of rotatable bonds is 6. The molecule has 110 valence electrons. The zero-order valence-electron chi connectivity index (χ0n) is 11.6. The normalized spacial score (nSPS) is 9.95. The van der Waals surface area contributed by atoms with Crippen LogP contribution in [0.25, 0.3) is 0 Å². The predicted octanol–water partition coefficient (Wildman–Crippen LogP) is 1.98. The van der Waals surface area contributed by atoms with Crippen LogP contribution in [0.15, 0.2) is 41.3 Å². The highest BCUT2D eigenvalue weighted by Gasteiger charge is 2.09. The van der Waals surface area contributed by atoms with Gasteiger partial charge in [0.15, 0.2) is 0 Å². The molecule has 21 heavy (non-hydrogen) atoms. The van der Waals surface area contributed by atoms with Crippen molar-refractivity contribution in [3.05, 3.63) is 48.4 Å². The van der Waals surface area contributed by atoms with Crippen LogP contribution in [-0.4, -0.2) is 29.9 Å². The van der Waals surface area contributed by atoms with Crippen LogP contribution in [-0.2, 0) is 6.42 Å². The number of carbonyl (C=O) groups excluding carboxylic acids is 1. The van der Waals surface area contributed by atoms with Gasteiger partial charge in [0.05, 0.1) is 13.5 Å². The molecule has 0 saturated heterocycles. The van der Waals surface area contributed by atoms with Gasteiger partial charge in [-0.05, 0) is 17.7 Å². The number of amides is 2. The van der Waals surface area contributed by atoms with Gasteiger partial charge >= 0.3 is 12.0 Å². The lowest BCUT2D eigenvalue weighted by atomic mass is 10.1. The number of aromatic nitrogens is 2. The van der Waals surface area contributed by atoms with Crippen LogP contribution in [0.1, 0.15) is 11.5 Å². The first-order valence-corrected chi connectivity index (χ1v) is 6.32. The second-order valence-corrected chi connectivity index (χ2v) is 4.15. The molecular weight excluding hydrogens is 272 g/mol. The van der Waals surface area contributed by atoms with Gasteiger partial charge in [-0.2, -0.15) is 0 Å². The van der Waals surface area contributed by atoms with Crippen LogP contribution in [0.5, 0.6) is 5.75 Å². The number of hydrogen-bond acceptors (Lipinski definition) is 5. The highest BCUT2D eigenvalue weighted by Crippen LogP contribution is 2.15. The zero-order valence-corrected chi connectivity index (χ0v) is 11.6. The van der Waals surface area contributed by atoms with E-state index in [1.807, 2.05) is 24.3 Å². The quantitative estimate of drug-likeness (QED) is 0.793. The molecule has 0 unspecified atom stereocenters. The number of benzene rings is 1. The van der Waals surface area contributed by atoms with Crippen LogP contribution in [0.2, 0.25) is 0 Å². The molecule has 0 bridgehead atoms. The number of ether oxygens (including phenoxy) is 1. The van der Waals surface area contributed by atoms with Crippen molar-refractivity contribution in [1.29, 1.82) is 0 Å². The molecule has 1 aromatic heterocycles. The molecule has 0 aliphatic carbocycles. The van der Waals surface area contributed by atoms with Crippen LogP contribution >= 0.6 is 0 Å². The molecule has 7 heteroatoms. The van der Waals surface area contributed by atoms with Crippen LogP contribution < -0.4 is 15.4 Å². The molecule has 0 aliphatic heterocycles. The van der Waals surface area contributed by atoms with Crippen molar-refractivity contribution >= 4 is 12.0 Å². The fourth-order valence-electron chi connectivity index (χ4n) is 1.60. The second-order valence-electron chi connectivity index (χ2n) is 4.15. The third-order valence-corrected chi connectivity index (χ3v) is 2.61. The zero-order chi connectivity index (χ0) is 15.1. The number of urea groups is 1. The highest BCUT2D eigenvalue weighted by molar-refractivity contribution is 5.86. The molecule has 1 heterocycles. The van der Waals surface area contributed by atoms with E-state index >= 15 is 0 Å². The summed E-state index contributed by atoms with van der Waals surface area (Å²) in [5.41, 5.74) is 1.00. The molecule has 0 radical (unpaired) electrons. The summed E-state index contributed by atoms with van der Waals surface area (Å²) in [5.74, 6) is 1.20. The summed E-state index contributed by atoms with van der Waals surface area (Å²) in [5, 5.41) is 12.6. The van der Waals surface area contributed by atoms with Crippen molar-refractivity contribution in [2.75, 3.05) is 19.0 Å². The van der Waals surface area contributed by atoms with Gasteiger partial charge in [-0.15, -0.1) is 11.7 Å². The Balaban J connectivity index is 1.92. The SMILES string of the molecule is C=CCNC(=O)Nc1nnc(Cc2ccc(OC)cc2)o1. The Kier molecular flexibility index (Phi) is 4.92. The molecule has 2 aromatic rings. The largest absolute Gasteiger partial charge is 0.497 e. The van der Waals surface area contributed by atoms with Crippen molar-refractivity contribution in [1.82, 2.24) is 15.5 Å². The second kappa shape index (κ2) is 7.09. The third kappa shape index (κ3) is 4.34. The Bertz CT molecular complexity index is 607. The Morgan fingerprint density at radius 2 is 2.14 bits per heavy atom. The maximum atomic E-state index is 11.4. The first kappa shape index (κ1) is 14.6. The summed E-state index contributed by atoms with van der Waals surface area (Å²) in [6.45, 7) is 3.86. The Hall–Kier alpha value is -2.83. The third-order valence-electron chi connectivity index (χ3n) is 2.61.